The highest BCUT2D eigenvalue weighted by Crippen LogP contribution is 2.38. The van der Waals surface area contributed by atoms with Gasteiger partial charge in [0.15, 0.2) is 17.2 Å². The van der Waals surface area contributed by atoms with Gasteiger partial charge in [0.2, 0.25) is 0 Å². The first-order chi connectivity index (χ1) is 11.5. The van der Waals surface area contributed by atoms with Gasteiger partial charge in [-0.2, -0.15) is 0 Å². The summed E-state index contributed by atoms with van der Waals surface area (Å²) in [6.07, 6.45) is 1.25. The molecule has 4 N–H and O–H groups in total. The minimum absolute atomic E-state index is 0.0170. The van der Waals surface area contributed by atoms with E-state index in [1.165, 1.54) is 0 Å². The second kappa shape index (κ2) is 6.41. The van der Waals surface area contributed by atoms with Crippen LogP contribution < -0.4 is 5.32 Å². The summed E-state index contributed by atoms with van der Waals surface area (Å²) < 4.78 is 5.82. The minimum Gasteiger partial charge on any atom is -0.504 e. The molecule has 0 radical (unpaired) electrons. The molecule has 0 saturated carbocycles. The van der Waals surface area contributed by atoms with Crippen LogP contribution in [-0.2, 0) is 10.3 Å². The fourth-order valence-corrected chi connectivity index (χ4v) is 2.98. The summed E-state index contributed by atoms with van der Waals surface area (Å²) in [5, 5.41) is 31.8. The molecule has 0 aromatic heterocycles. The van der Waals surface area contributed by atoms with Crippen molar-refractivity contribution < 1.29 is 24.9 Å². The minimum atomic E-state index is -0.757. The number of hydrogen-bond donors (Lipinski definition) is 4. The first kappa shape index (κ1) is 16.1. The Morgan fingerprint density at radius 2 is 1.58 bits per heavy atom. The number of carbonyl (C=O) groups is 1. The fraction of sp³-hybridized carbons (Fsp3) is 0.278. The normalized spacial score (nSPS) is 16.5. The van der Waals surface area contributed by atoms with Crippen LogP contribution in [-0.4, -0.2) is 34.4 Å². The zero-order chi connectivity index (χ0) is 17.2. The van der Waals surface area contributed by atoms with E-state index >= 15 is 0 Å². The van der Waals surface area contributed by atoms with Gasteiger partial charge in [0.25, 0.3) is 0 Å². The average Bonchev–Trinajstić information content (AvgIpc) is 2.60. The van der Waals surface area contributed by atoms with E-state index in [9.17, 15) is 20.1 Å². The van der Waals surface area contributed by atoms with Crippen molar-refractivity contribution in [2.24, 2.45) is 0 Å². The van der Waals surface area contributed by atoms with E-state index in [2.05, 4.69) is 5.32 Å². The van der Waals surface area contributed by atoms with Gasteiger partial charge in [0.1, 0.15) is 5.60 Å². The number of ether oxygens (including phenoxy) is 1. The van der Waals surface area contributed by atoms with E-state index in [0.29, 0.717) is 25.9 Å². The van der Waals surface area contributed by atoms with E-state index in [0.717, 1.165) is 17.7 Å². The van der Waals surface area contributed by atoms with Gasteiger partial charge < -0.3 is 25.4 Å². The van der Waals surface area contributed by atoms with E-state index in [1.807, 2.05) is 30.3 Å². The highest BCUT2D eigenvalue weighted by atomic mass is 16.6. The highest BCUT2D eigenvalue weighted by Gasteiger charge is 2.38. The smallest absolute Gasteiger partial charge is 0.339 e. The topological polar surface area (TPSA) is 99.0 Å². The van der Waals surface area contributed by atoms with Gasteiger partial charge >= 0.3 is 5.97 Å². The van der Waals surface area contributed by atoms with Gasteiger partial charge in [-0.15, -0.1) is 0 Å². The van der Waals surface area contributed by atoms with Crippen LogP contribution in [0.25, 0.3) is 0 Å². The van der Waals surface area contributed by atoms with E-state index in [-0.39, 0.29) is 5.56 Å². The average molecular weight is 329 g/mol. The molecule has 6 nitrogen and oxygen atoms in total. The number of aromatic hydroxyl groups is 3. The van der Waals surface area contributed by atoms with Crippen LogP contribution >= 0.6 is 0 Å². The van der Waals surface area contributed by atoms with Crippen molar-refractivity contribution in [3.63, 3.8) is 0 Å². The number of nitrogens with one attached hydrogen (secondary N) is 1. The van der Waals surface area contributed by atoms with Crippen LogP contribution in [0.3, 0.4) is 0 Å². The summed E-state index contributed by atoms with van der Waals surface area (Å²) >= 11 is 0. The van der Waals surface area contributed by atoms with Crippen molar-refractivity contribution in [3.05, 3.63) is 53.6 Å². The molecule has 0 atom stereocenters. The number of phenolic OH excluding ortho intramolecular Hbond substituents is 3. The lowest BCUT2D eigenvalue weighted by Gasteiger charge is -2.37. The molecule has 2 aromatic carbocycles. The Morgan fingerprint density at radius 1 is 1.00 bits per heavy atom. The van der Waals surface area contributed by atoms with Gasteiger partial charge in [0, 0.05) is 12.8 Å². The molecule has 0 spiro atoms. The zero-order valence-electron chi connectivity index (χ0n) is 13.0. The van der Waals surface area contributed by atoms with Crippen LogP contribution in [0.15, 0.2) is 42.5 Å². The molecule has 1 heterocycles. The van der Waals surface area contributed by atoms with E-state index in [1.54, 1.807) is 0 Å². The summed E-state index contributed by atoms with van der Waals surface area (Å²) in [6.45, 7) is 1.43. The number of benzene rings is 2. The van der Waals surface area contributed by atoms with Crippen LogP contribution in [0.5, 0.6) is 17.2 Å². The zero-order valence-corrected chi connectivity index (χ0v) is 13.0. The molecule has 2 aromatic rings. The standard InChI is InChI=1S/C18H19NO5/c20-14-10-12(11-15(21)16(14)22)17(23)24-18(6-8-19-9-7-18)13-4-2-1-3-5-13/h1-5,10-11,19-22H,6-9H2. The third-order valence-corrected chi connectivity index (χ3v) is 4.30. The molecule has 6 heteroatoms. The molecule has 3 rings (SSSR count). The van der Waals surface area contributed by atoms with Crippen molar-refractivity contribution in [3.8, 4) is 17.2 Å². The number of hydrogen-bond acceptors (Lipinski definition) is 6. The predicted octanol–water partition coefficient (Wildman–Crippen LogP) is 2.24. The Labute approximate surface area is 139 Å². The van der Waals surface area contributed by atoms with E-state index in [4.69, 9.17) is 4.74 Å². The second-order valence-electron chi connectivity index (χ2n) is 5.86. The molecule has 0 unspecified atom stereocenters. The molecular weight excluding hydrogens is 310 g/mol. The molecule has 1 fully saturated rings. The highest BCUT2D eigenvalue weighted by molar-refractivity contribution is 5.91. The van der Waals surface area contributed by atoms with Crippen molar-refractivity contribution in [1.29, 1.82) is 0 Å². The fourth-order valence-electron chi connectivity index (χ4n) is 2.98. The third-order valence-electron chi connectivity index (χ3n) is 4.30. The maximum atomic E-state index is 12.6. The number of rotatable bonds is 3. The summed E-state index contributed by atoms with van der Waals surface area (Å²) in [5.74, 6) is -2.46. The third kappa shape index (κ3) is 3.00. The first-order valence-electron chi connectivity index (χ1n) is 7.76. The van der Waals surface area contributed by atoms with Crippen LogP contribution in [0.1, 0.15) is 28.8 Å². The number of piperidine rings is 1. The van der Waals surface area contributed by atoms with Gasteiger partial charge in [0.05, 0.1) is 5.56 Å². The van der Waals surface area contributed by atoms with Crippen molar-refractivity contribution in [1.82, 2.24) is 5.32 Å². The van der Waals surface area contributed by atoms with Crippen molar-refractivity contribution in [2.75, 3.05) is 13.1 Å². The second-order valence-corrected chi connectivity index (χ2v) is 5.86. The van der Waals surface area contributed by atoms with Crippen molar-refractivity contribution >= 4 is 5.97 Å². The van der Waals surface area contributed by atoms with Crippen LogP contribution in [0.4, 0.5) is 0 Å². The Morgan fingerprint density at radius 3 is 2.17 bits per heavy atom. The Hall–Kier alpha value is -2.73. The molecule has 0 aliphatic carbocycles. The molecule has 1 aliphatic heterocycles. The van der Waals surface area contributed by atoms with Crippen molar-refractivity contribution in [2.45, 2.75) is 18.4 Å². The SMILES string of the molecule is O=C(OC1(c2ccccc2)CCNCC1)c1cc(O)c(O)c(O)c1. The number of esters is 1. The predicted molar refractivity (Wildman–Crippen MR) is 87.1 cm³/mol. The lowest BCUT2D eigenvalue weighted by molar-refractivity contribution is -0.0379. The van der Waals surface area contributed by atoms with Crippen LogP contribution in [0, 0.1) is 0 Å². The van der Waals surface area contributed by atoms with Gasteiger partial charge in [-0.25, -0.2) is 4.79 Å². The van der Waals surface area contributed by atoms with Crippen LogP contribution in [0.2, 0.25) is 0 Å². The number of carbonyl (C=O) groups excluding carboxylic acids is 1. The molecule has 24 heavy (non-hydrogen) atoms. The van der Waals surface area contributed by atoms with Gasteiger partial charge in [-0.1, -0.05) is 30.3 Å². The Bertz CT molecular complexity index is 715. The summed E-state index contributed by atoms with van der Waals surface area (Å²) in [7, 11) is 0. The molecular formula is C18H19NO5. The maximum Gasteiger partial charge on any atom is 0.339 e. The quantitative estimate of drug-likeness (QED) is 0.509. The van der Waals surface area contributed by atoms with Gasteiger partial charge in [-0.05, 0) is 30.8 Å². The molecule has 126 valence electrons. The lowest BCUT2D eigenvalue weighted by Crippen LogP contribution is -2.43. The Kier molecular flexibility index (Phi) is 4.31. The number of phenols is 3. The Balaban J connectivity index is 1.92. The van der Waals surface area contributed by atoms with Gasteiger partial charge in [-0.3, -0.25) is 0 Å². The van der Waals surface area contributed by atoms with E-state index < -0.39 is 28.8 Å². The lowest BCUT2D eigenvalue weighted by atomic mass is 9.84. The molecule has 0 bridgehead atoms. The molecule has 1 aliphatic rings. The first-order valence-corrected chi connectivity index (χ1v) is 7.76. The summed E-state index contributed by atoms with van der Waals surface area (Å²) in [6, 6.07) is 11.7. The monoisotopic (exact) mass is 329 g/mol. The largest absolute Gasteiger partial charge is 0.504 e. The molecule has 0 amide bonds. The maximum absolute atomic E-state index is 12.6. The summed E-state index contributed by atoms with van der Waals surface area (Å²) in [4.78, 5) is 12.6. The molecule has 1 saturated heterocycles. The summed E-state index contributed by atoms with van der Waals surface area (Å²) in [5.41, 5.74) is 0.135.